The lowest BCUT2D eigenvalue weighted by Gasteiger charge is -2.34. The lowest BCUT2D eigenvalue weighted by Crippen LogP contribution is -2.35. The van der Waals surface area contributed by atoms with E-state index < -0.39 is 0 Å². The number of fused-ring (bicyclic) bond motifs is 5. The fourth-order valence-corrected chi connectivity index (χ4v) is 6.04. The molecule has 130 valence electrons. The quantitative estimate of drug-likeness (QED) is 0.542. The molecule has 2 amide bonds. The minimum absolute atomic E-state index is 0.00488. The smallest absolute Gasteiger partial charge is 0.238 e. The molecule has 1 aromatic rings. The molecule has 0 unspecified atom stereocenters. The van der Waals surface area contributed by atoms with Crippen molar-refractivity contribution >= 4 is 29.1 Å². The first-order chi connectivity index (χ1) is 12.1. The minimum atomic E-state index is -0.142. The molecule has 5 rings (SSSR count). The predicted octanol–water partition coefficient (Wildman–Crippen LogP) is 4.66. The number of hydrogen-bond acceptors (Lipinski definition) is 2. The molecule has 0 aromatic heterocycles. The lowest BCUT2D eigenvalue weighted by atomic mass is 9.66. The number of halogens is 1. The first kappa shape index (κ1) is 15.6. The van der Waals surface area contributed by atoms with Crippen LogP contribution in [0, 0.1) is 30.6 Å². The van der Waals surface area contributed by atoms with Gasteiger partial charge in [-0.15, -0.1) is 0 Å². The molecule has 3 aliphatic carbocycles. The molecule has 3 fully saturated rings. The average Bonchev–Trinajstić information content (AvgIpc) is 3.28. The summed E-state index contributed by atoms with van der Waals surface area (Å²) in [5.74, 6) is 0.331. The van der Waals surface area contributed by atoms with Crippen LogP contribution in [0.3, 0.4) is 0 Å². The highest BCUT2D eigenvalue weighted by Gasteiger charge is 2.59. The maximum absolute atomic E-state index is 13.3. The predicted molar refractivity (Wildman–Crippen MR) is 97.4 cm³/mol. The maximum atomic E-state index is 13.3. The summed E-state index contributed by atoms with van der Waals surface area (Å²) < 4.78 is 0. The second kappa shape index (κ2) is 5.44. The maximum Gasteiger partial charge on any atom is 0.238 e. The van der Waals surface area contributed by atoms with Gasteiger partial charge in [0.1, 0.15) is 0 Å². The molecule has 4 aliphatic rings. The third kappa shape index (κ3) is 2.05. The molecule has 0 spiro atoms. The number of rotatable bonds is 1. The number of amides is 2. The van der Waals surface area contributed by atoms with Gasteiger partial charge < -0.3 is 0 Å². The van der Waals surface area contributed by atoms with Gasteiger partial charge in [0.15, 0.2) is 0 Å². The second-order valence-electron chi connectivity index (χ2n) is 8.04. The third-order valence-corrected chi connectivity index (χ3v) is 7.32. The Morgan fingerprint density at radius 1 is 0.960 bits per heavy atom. The molecule has 2 saturated carbocycles. The van der Waals surface area contributed by atoms with E-state index in [1.165, 1.54) is 16.0 Å². The van der Waals surface area contributed by atoms with E-state index >= 15 is 0 Å². The summed E-state index contributed by atoms with van der Waals surface area (Å²) in [6.45, 7) is 1.93. The van der Waals surface area contributed by atoms with E-state index in [0.717, 1.165) is 44.1 Å². The third-order valence-electron chi connectivity index (χ3n) is 6.91. The van der Waals surface area contributed by atoms with Crippen LogP contribution in [0.1, 0.15) is 44.1 Å². The summed E-state index contributed by atoms with van der Waals surface area (Å²) in [4.78, 5) is 28.1. The first-order valence-electron chi connectivity index (χ1n) is 9.43. The van der Waals surface area contributed by atoms with Gasteiger partial charge >= 0.3 is 0 Å². The molecule has 3 nitrogen and oxygen atoms in total. The largest absolute Gasteiger partial charge is 0.274 e. The van der Waals surface area contributed by atoms with Gasteiger partial charge in [0.05, 0.1) is 17.5 Å². The average molecular weight is 356 g/mol. The van der Waals surface area contributed by atoms with E-state index in [1.807, 2.05) is 19.1 Å². The molecular formula is C21H22ClNO2. The lowest BCUT2D eigenvalue weighted by molar-refractivity contribution is -0.122. The van der Waals surface area contributed by atoms with Gasteiger partial charge in [-0.2, -0.15) is 0 Å². The molecule has 4 heteroatoms. The molecule has 1 saturated heterocycles. The van der Waals surface area contributed by atoms with Crippen LogP contribution in [0.5, 0.6) is 0 Å². The number of imide groups is 1. The van der Waals surface area contributed by atoms with Crippen molar-refractivity contribution in [1.82, 2.24) is 0 Å². The Labute approximate surface area is 153 Å². The molecule has 4 atom stereocenters. The number of anilines is 1. The summed E-state index contributed by atoms with van der Waals surface area (Å²) in [6, 6.07) is 5.51. The minimum Gasteiger partial charge on any atom is -0.274 e. The van der Waals surface area contributed by atoms with Crippen molar-refractivity contribution in [3.05, 3.63) is 39.9 Å². The van der Waals surface area contributed by atoms with Crippen LogP contribution in [0.25, 0.3) is 0 Å². The van der Waals surface area contributed by atoms with Gasteiger partial charge in [-0.05, 0) is 75.0 Å². The highest BCUT2D eigenvalue weighted by molar-refractivity contribution is 6.32. The number of nitrogens with zero attached hydrogens (tertiary/aromatic N) is 1. The Bertz CT molecular complexity index is 785. The van der Waals surface area contributed by atoms with Crippen LogP contribution in [-0.4, -0.2) is 11.8 Å². The van der Waals surface area contributed by atoms with Crippen molar-refractivity contribution in [2.24, 2.45) is 23.7 Å². The molecule has 0 N–H and O–H groups in total. The molecule has 1 heterocycles. The number of aryl methyl sites for hydroxylation is 1. The summed E-state index contributed by atoms with van der Waals surface area (Å²) in [6.07, 6.45) is 6.73. The Morgan fingerprint density at radius 2 is 1.52 bits per heavy atom. The van der Waals surface area contributed by atoms with E-state index in [0.29, 0.717) is 22.5 Å². The van der Waals surface area contributed by atoms with E-state index in [2.05, 4.69) is 0 Å². The fourth-order valence-electron chi connectivity index (χ4n) is 5.87. The molecule has 1 aliphatic heterocycles. The molecule has 0 bridgehead atoms. The van der Waals surface area contributed by atoms with Crippen LogP contribution in [0.4, 0.5) is 5.69 Å². The van der Waals surface area contributed by atoms with Crippen molar-refractivity contribution in [2.75, 3.05) is 4.90 Å². The van der Waals surface area contributed by atoms with Crippen molar-refractivity contribution in [2.45, 2.75) is 45.4 Å². The van der Waals surface area contributed by atoms with Crippen molar-refractivity contribution in [1.29, 1.82) is 0 Å². The number of hydrogen-bond donors (Lipinski definition) is 0. The Kier molecular flexibility index (Phi) is 3.40. The summed E-state index contributed by atoms with van der Waals surface area (Å²) in [5.41, 5.74) is 4.67. The fraction of sp³-hybridized carbons (Fsp3) is 0.524. The van der Waals surface area contributed by atoms with E-state index in [4.69, 9.17) is 11.6 Å². The zero-order chi connectivity index (χ0) is 17.3. The van der Waals surface area contributed by atoms with Gasteiger partial charge in [-0.1, -0.05) is 28.8 Å². The topological polar surface area (TPSA) is 37.4 Å². The van der Waals surface area contributed by atoms with Crippen LogP contribution in [0.2, 0.25) is 5.02 Å². The Balaban J connectivity index is 1.60. The van der Waals surface area contributed by atoms with Gasteiger partial charge in [-0.3, -0.25) is 9.59 Å². The number of allylic oxidation sites excluding steroid dienone is 2. The molecule has 0 radical (unpaired) electrons. The summed E-state index contributed by atoms with van der Waals surface area (Å²) >= 11 is 6.26. The second-order valence-corrected chi connectivity index (χ2v) is 8.45. The Hall–Kier alpha value is -1.61. The van der Waals surface area contributed by atoms with E-state index in [1.54, 1.807) is 6.07 Å². The standard InChI is InChI=1S/C21H22ClNO2/c1-11-8-9-12(10-17(11)22)23-20(24)18-15-6-2-4-13(15)14-5-3-7-16(14)19(18)21(23)25/h8-10,15-16,18-19H,2-7H2,1H3/t15-,16-,18-,19-/m1/s1. The molecule has 25 heavy (non-hydrogen) atoms. The monoisotopic (exact) mass is 355 g/mol. The zero-order valence-electron chi connectivity index (χ0n) is 14.4. The zero-order valence-corrected chi connectivity index (χ0v) is 15.2. The number of benzene rings is 1. The van der Waals surface area contributed by atoms with E-state index in [9.17, 15) is 9.59 Å². The van der Waals surface area contributed by atoms with Crippen molar-refractivity contribution < 1.29 is 9.59 Å². The van der Waals surface area contributed by atoms with Gasteiger partial charge in [-0.25, -0.2) is 4.90 Å². The van der Waals surface area contributed by atoms with Crippen LogP contribution >= 0.6 is 11.6 Å². The van der Waals surface area contributed by atoms with Gasteiger partial charge in [0, 0.05) is 5.02 Å². The van der Waals surface area contributed by atoms with Gasteiger partial charge in [0.2, 0.25) is 11.8 Å². The molecular weight excluding hydrogens is 334 g/mol. The number of carbonyl (C=O) groups excluding carboxylic acids is 2. The highest BCUT2D eigenvalue weighted by Crippen LogP contribution is 2.57. The van der Waals surface area contributed by atoms with Crippen LogP contribution in [0.15, 0.2) is 29.3 Å². The van der Waals surface area contributed by atoms with Crippen molar-refractivity contribution in [3.8, 4) is 0 Å². The van der Waals surface area contributed by atoms with E-state index in [-0.39, 0.29) is 23.7 Å². The SMILES string of the molecule is Cc1ccc(N2C(=O)[C@H]3[C@H](C2=O)[C@@H]2CCCC2=C2CCC[C@H]23)cc1Cl. The van der Waals surface area contributed by atoms with Crippen LogP contribution < -0.4 is 4.90 Å². The highest BCUT2D eigenvalue weighted by atomic mass is 35.5. The van der Waals surface area contributed by atoms with Crippen LogP contribution in [-0.2, 0) is 9.59 Å². The summed E-state index contributed by atoms with van der Waals surface area (Å²) in [5, 5.41) is 0.606. The van der Waals surface area contributed by atoms with Gasteiger partial charge in [0.25, 0.3) is 0 Å². The van der Waals surface area contributed by atoms with Crippen molar-refractivity contribution in [3.63, 3.8) is 0 Å². The summed E-state index contributed by atoms with van der Waals surface area (Å²) in [7, 11) is 0. The Morgan fingerprint density at radius 3 is 2.04 bits per heavy atom. The molecule has 1 aromatic carbocycles. The first-order valence-corrected chi connectivity index (χ1v) is 9.81. The number of carbonyl (C=O) groups is 2. The normalized spacial score (nSPS) is 33.8.